The van der Waals surface area contributed by atoms with E-state index in [9.17, 15) is 9.18 Å². The molecule has 2 aromatic rings. The van der Waals surface area contributed by atoms with E-state index in [2.05, 4.69) is 47.8 Å². The normalized spacial score (nSPS) is 10.6. The highest BCUT2D eigenvalue weighted by molar-refractivity contribution is 9.12. The minimum Gasteiger partial charge on any atom is -0.288 e. The lowest BCUT2D eigenvalue weighted by Gasteiger charge is -2.02. The van der Waals surface area contributed by atoms with Crippen LogP contribution in [0.3, 0.4) is 0 Å². The van der Waals surface area contributed by atoms with Gasteiger partial charge >= 0.3 is 0 Å². The Morgan fingerprint density at radius 1 is 1.12 bits per heavy atom. The Kier molecular flexibility index (Phi) is 4.18. The van der Waals surface area contributed by atoms with Gasteiger partial charge in [0.1, 0.15) is 5.82 Å². The van der Waals surface area contributed by atoms with Gasteiger partial charge in [-0.2, -0.15) is 0 Å². The van der Waals surface area contributed by atoms with Gasteiger partial charge in [0.05, 0.1) is 7.57 Å². The lowest BCUT2D eigenvalue weighted by atomic mass is 10.1. The highest BCUT2D eigenvalue weighted by Gasteiger charge is 2.18. The molecule has 88 valence electrons. The third-order valence-electron chi connectivity index (χ3n) is 2.08. The van der Waals surface area contributed by atoms with Crippen LogP contribution in [0.1, 0.15) is 15.9 Å². The number of halogens is 4. The molecule has 0 saturated heterocycles. The SMILES string of the molecule is O=C(c1ccc(F)cc1Br)c1cc(Br)sc1Br. The lowest BCUT2D eigenvalue weighted by molar-refractivity contribution is 0.103. The average Bonchev–Trinajstić information content (AvgIpc) is 2.57. The highest BCUT2D eigenvalue weighted by Crippen LogP contribution is 2.34. The molecule has 0 aliphatic heterocycles. The summed E-state index contributed by atoms with van der Waals surface area (Å²) in [5, 5.41) is 0. The number of benzene rings is 1. The van der Waals surface area contributed by atoms with Gasteiger partial charge in [-0.1, -0.05) is 0 Å². The van der Waals surface area contributed by atoms with Crippen LogP contribution >= 0.6 is 59.1 Å². The molecule has 0 radical (unpaired) electrons. The summed E-state index contributed by atoms with van der Waals surface area (Å²) in [6.07, 6.45) is 0. The first kappa shape index (κ1) is 13.4. The summed E-state index contributed by atoms with van der Waals surface area (Å²) in [7, 11) is 0. The maximum absolute atomic E-state index is 12.9. The minimum absolute atomic E-state index is 0.147. The van der Waals surface area contributed by atoms with Crippen LogP contribution in [-0.4, -0.2) is 5.78 Å². The summed E-state index contributed by atoms with van der Waals surface area (Å²) in [6.45, 7) is 0. The van der Waals surface area contributed by atoms with Crippen molar-refractivity contribution in [2.75, 3.05) is 0 Å². The quantitative estimate of drug-likeness (QED) is 0.569. The smallest absolute Gasteiger partial charge is 0.196 e. The number of hydrogen-bond acceptors (Lipinski definition) is 2. The van der Waals surface area contributed by atoms with Crippen LogP contribution in [0.4, 0.5) is 4.39 Å². The van der Waals surface area contributed by atoms with Crippen molar-refractivity contribution in [3.8, 4) is 0 Å². The molecular formula is C11H4Br3FOS. The van der Waals surface area contributed by atoms with E-state index < -0.39 is 0 Å². The minimum atomic E-state index is -0.376. The third-order valence-corrected chi connectivity index (χ3v) is 5.07. The molecule has 0 amide bonds. The molecule has 0 saturated carbocycles. The van der Waals surface area contributed by atoms with E-state index in [1.807, 2.05) is 0 Å². The van der Waals surface area contributed by atoms with E-state index in [0.29, 0.717) is 15.6 Å². The largest absolute Gasteiger partial charge is 0.288 e. The topological polar surface area (TPSA) is 17.1 Å². The number of rotatable bonds is 2. The standard InChI is InChI=1S/C11H4Br3FOS/c12-8-3-5(15)1-2-6(8)10(16)7-4-9(13)17-11(7)14/h1-4H. The van der Waals surface area contributed by atoms with E-state index in [0.717, 1.165) is 7.57 Å². The van der Waals surface area contributed by atoms with Gasteiger partial charge < -0.3 is 0 Å². The fraction of sp³-hybridized carbons (Fsp3) is 0. The molecule has 0 atom stereocenters. The van der Waals surface area contributed by atoms with Gasteiger partial charge in [0, 0.05) is 15.6 Å². The van der Waals surface area contributed by atoms with E-state index >= 15 is 0 Å². The first-order valence-corrected chi connectivity index (χ1v) is 7.63. The zero-order chi connectivity index (χ0) is 12.6. The molecular weight excluding hydrogens is 439 g/mol. The molecule has 1 aromatic heterocycles. The maximum Gasteiger partial charge on any atom is 0.196 e. The monoisotopic (exact) mass is 440 g/mol. The third kappa shape index (κ3) is 2.86. The first-order valence-electron chi connectivity index (χ1n) is 4.43. The average molecular weight is 443 g/mol. The molecule has 0 N–H and O–H groups in total. The van der Waals surface area contributed by atoms with Crippen LogP contribution in [0.25, 0.3) is 0 Å². The zero-order valence-corrected chi connectivity index (χ0v) is 13.7. The zero-order valence-electron chi connectivity index (χ0n) is 8.14. The summed E-state index contributed by atoms with van der Waals surface area (Å²) in [6, 6.07) is 5.77. The van der Waals surface area contributed by atoms with E-state index in [1.54, 1.807) is 6.07 Å². The number of carbonyl (C=O) groups is 1. The molecule has 0 aliphatic rings. The Bertz CT molecular complexity index is 594. The summed E-state index contributed by atoms with van der Waals surface area (Å²) < 4.78 is 15.0. The van der Waals surface area contributed by atoms with Crippen LogP contribution in [-0.2, 0) is 0 Å². The molecule has 0 bridgehead atoms. The van der Waals surface area contributed by atoms with E-state index in [1.165, 1.54) is 29.5 Å². The summed E-state index contributed by atoms with van der Waals surface area (Å²) in [5.74, 6) is -0.523. The molecule has 1 nitrogen and oxygen atoms in total. The van der Waals surface area contributed by atoms with Crippen molar-refractivity contribution in [2.45, 2.75) is 0 Å². The van der Waals surface area contributed by atoms with Crippen molar-refractivity contribution in [1.29, 1.82) is 0 Å². The van der Waals surface area contributed by atoms with Crippen molar-refractivity contribution in [2.24, 2.45) is 0 Å². The summed E-state index contributed by atoms with van der Waals surface area (Å²) in [4.78, 5) is 12.2. The van der Waals surface area contributed by atoms with Gasteiger partial charge in [-0.3, -0.25) is 4.79 Å². The Labute approximate surface area is 126 Å². The maximum atomic E-state index is 12.9. The first-order chi connectivity index (χ1) is 7.99. The molecule has 0 aliphatic carbocycles. The fourth-order valence-electron chi connectivity index (χ4n) is 1.31. The number of carbonyl (C=O) groups excluding carboxylic acids is 1. The van der Waals surface area contributed by atoms with Crippen LogP contribution in [0.5, 0.6) is 0 Å². The number of hydrogen-bond donors (Lipinski definition) is 0. The van der Waals surface area contributed by atoms with Gasteiger partial charge in [0.2, 0.25) is 0 Å². The summed E-state index contributed by atoms with van der Waals surface area (Å²) in [5.41, 5.74) is 1.01. The van der Waals surface area contributed by atoms with Gasteiger partial charge in [0.15, 0.2) is 5.78 Å². The van der Waals surface area contributed by atoms with Crippen LogP contribution in [0.2, 0.25) is 0 Å². The molecule has 6 heteroatoms. The van der Waals surface area contributed by atoms with Gasteiger partial charge in [-0.05, 0) is 72.1 Å². The fourth-order valence-corrected chi connectivity index (χ4v) is 4.64. The molecule has 0 spiro atoms. The Balaban J connectivity index is 2.47. The Morgan fingerprint density at radius 3 is 2.35 bits per heavy atom. The number of thiophene rings is 1. The van der Waals surface area contributed by atoms with Crippen LogP contribution in [0, 0.1) is 5.82 Å². The molecule has 2 rings (SSSR count). The van der Waals surface area contributed by atoms with E-state index in [4.69, 9.17) is 0 Å². The van der Waals surface area contributed by atoms with Gasteiger partial charge in [-0.25, -0.2) is 4.39 Å². The molecule has 17 heavy (non-hydrogen) atoms. The Morgan fingerprint density at radius 2 is 1.82 bits per heavy atom. The van der Waals surface area contributed by atoms with E-state index in [-0.39, 0.29) is 11.6 Å². The summed E-state index contributed by atoms with van der Waals surface area (Å²) >= 11 is 11.3. The van der Waals surface area contributed by atoms with Crippen LogP contribution < -0.4 is 0 Å². The van der Waals surface area contributed by atoms with Crippen molar-refractivity contribution in [3.05, 3.63) is 53.3 Å². The second-order valence-corrected chi connectivity index (χ2v) is 7.79. The second-order valence-electron chi connectivity index (χ2n) is 3.19. The predicted octanol–water partition coefficient (Wildman–Crippen LogP) is 5.41. The second kappa shape index (κ2) is 5.30. The van der Waals surface area contributed by atoms with Crippen molar-refractivity contribution < 1.29 is 9.18 Å². The van der Waals surface area contributed by atoms with Gasteiger partial charge in [-0.15, -0.1) is 11.3 Å². The lowest BCUT2D eigenvalue weighted by Crippen LogP contribution is -2.01. The Hall–Kier alpha value is -0.0400. The van der Waals surface area contributed by atoms with Crippen molar-refractivity contribution >= 4 is 64.9 Å². The van der Waals surface area contributed by atoms with Gasteiger partial charge in [0.25, 0.3) is 0 Å². The molecule has 1 heterocycles. The van der Waals surface area contributed by atoms with Crippen molar-refractivity contribution in [1.82, 2.24) is 0 Å². The predicted molar refractivity (Wildman–Crippen MR) is 77.3 cm³/mol. The number of ketones is 1. The molecule has 0 fully saturated rings. The molecule has 1 aromatic carbocycles. The van der Waals surface area contributed by atoms with Crippen molar-refractivity contribution in [3.63, 3.8) is 0 Å². The molecule has 0 unspecified atom stereocenters. The van der Waals surface area contributed by atoms with Crippen LogP contribution in [0.15, 0.2) is 36.3 Å². The highest BCUT2D eigenvalue weighted by atomic mass is 79.9.